The minimum atomic E-state index is -4.56. The van der Waals surface area contributed by atoms with E-state index in [4.69, 9.17) is 10.00 Å². The molecule has 0 saturated carbocycles. The van der Waals surface area contributed by atoms with Gasteiger partial charge in [-0.15, -0.1) is 0 Å². The van der Waals surface area contributed by atoms with Crippen molar-refractivity contribution in [1.29, 1.82) is 5.26 Å². The highest BCUT2D eigenvalue weighted by molar-refractivity contribution is 5.43. The van der Waals surface area contributed by atoms with Gasteiger partial charge in [0.25, 0.3) is 0 Å². The van der Waals surface area contributed by atoms with Crippen LogP contribution in [-0.2, 0) is 12.6 Å². The molecule has 0 saturated heterocycles. The third kappa shape index (κ3) is 3.96. The second kappa shape index (κ2) is 6.27. The minimum absolute atomic E-state index is 0.0561. The molecule has 0 bridgehead atoms. The number of hydrogen-bond acceptors (Lipinski definition) is 3. The van der Waals surface area contributed by atoms with Gasteiger partial charge in [0.2, 0.25) is 0 Å². The Morgan fingerprint density at radius 3 is 2.62 bits per heavy atom. The van der Waals surface area contributed by atoms with Crippen LogP contribution in [0.3, 0.4) is 0 Å². The number of benzene rings is 1. The number of alkyl halides is 3. The largest absolute Gasteiger partial charge is 0.493 e. The van der Waals surface area contributed by atoms with E-state index >= 15 is 0 Å². The molecular weight excluding hydrogens is 281 g/mol. The lowest BCUT2D eigenvalue weighted by atomic mass is 10.1. The SMILES string of the molecule is N#Cc1ccc(OCCc2ccccn2)c(C(F)(F)F)c1. The monoisotopic (exact) mass is 292 g/mol. The zero-order valence-corrected chi connectivity index (χ0v) is 10.9. The van der Waals surface area contributed by atoms with E-state index in [0.717, 1.165) is 11.8 Å². The highest BCUT2D eigenvalue weighted by Crippen LogP contribution is 2.36. The van der Waals surface area contributed by atoms with Gasteiger partial charge < -0.3 is 4.74 Å². The maximum atomic E-state index is 12.9. The molecule has 0 fully saturated rings. The van der Waals surface area contributed by atoms with Gasteiger partial charge in [-0.25, -0.2) is 0 Å². The average molecular weight is 292 g/mol. The fraction of sp³-hybridized carbons (Fsp3) is 0.200. The topological polar surface area (TPSA) is 45.9 Å². The molecule has 3 nitrogen and oxygen atoms in total. The van der Waals surface area contributed by atoms with E-state index in [1.54, 1.807) is 30.5 Å². The third-order valence-corrected chi connectivity index (χ3v) is 2.76. The van der Waals surface area contributed by atoms with Crippen molar-refractivity contribution in [3.05, 3.63) is 59.4 Å². The normalized spacial score (nSPS) is 11.0. The predicted molar refractivity (Wildman–Crippen MR) is 69.6 cm³/mol. The van der Waals surface area contributed by atoms with Crippen molar-refractivity contribution in [3.8, 4) is 11.8 Å². The summed E-state index contributed by atoms with van der Waals surface area (Å²) in [5.74, 6) is -0.280. The number of ether oxygens (including phenoxy) is 1. The molecule has 6 heteroatoms. The van der Waals surface area contributed by atoms with Crippen molar-refractivity contribution < 1.29 is 17.9 Å². The highest BCUT2D eigenvalue weighted by Gasteiger charge is 2.34. The molecule has 108 valence electrons. The van der Waals surface area contributed by atoms with Gasteiger partial charge in [0.1, 0.15) is 5.75 Å². The van der Waals surface area contributed by atoms with Gasteiger partial charge in [-0.2, -0.15) is 18.4 Å². The number of aromatic nitrogens is 1. The zero-order chi connectivity index (χ0) is 15.3. The lowest BCUT2D eigenvalue weighted by Gasteiger charge is -2.14. The molecule has 0 spiro atoms. The Kier molecular flexibility index (Phi) is 4.43. The summed E-state index contributed by atoms with van der Waals surface area (Å²) in [7, 11) is 0. The van der Waals surface area contributed by atoms with E-state index in [0.29, 0.717) is 6.42 Å². The van der Waals surface area contributed by atoms with Crippen LogP contribution in [0.2, 0.25) is 0 Å². The van der Waals surface area contributed by atoms with Crippen LogP contribution in [-0.4, -0.2) is 11.6 Å². The van der Waals surface area contributed by atoms with E-state index in [9.17, 15) is 13.2 Å². The van der Waals surface area contributed by atoms with E-state index in [-0.39, 0.29) is 17.9 Å². The summed E-state index contributed by atoms with van der Waals surface area (Å²) < 4.78 is 43.9. The second-order valence-electron chi connectivity index (χ2n) is 4.24. The van der Waals surface area contributed by atoms with Crippen molar-refractivity contribution in [3.63, 3.8) is 0 Å². The molecule has 0 unspecified atom stereocenters. The third-order valence-electron chi connectivity index (χ3n) is 2.76. The molecular formula is C15H11F3N2O. The summed E-state index contributed by atoms with van der Waals surface area (Å²) in [6, 6.07) is 10.3. The average Bonchev–Trinajstić information content (AvgIpc) is 2.47. The molecule has 0 aliphatic rings. The summed E-state index contributed by atoms with van der Waals surface area (Å²) in [5, 5.41) is 8.68. The Balaban J connectivity index is 2.11. The fourth-order valence-electron chi connectivity index (χ4n) is 1.76. The van der Waals surface area contributed by atoms with E-state index in [1.165, 1.54) is 12.1 Å². The number of hydrogen-bond donors (Lipinski definition) is 0. The van der Waals surface area contributed by atoms with Gasteiger partial charge in [0, 0.05) is 18.3 Å². The molecule has 1 heterocycles. The van der Waals surface area contributed by atoms with Gasteiger partial charge in [-0.3, -0.25) is 4.98 Å². The molecule has 0 N–H and O–H groups in total. The highest BCUT2D eigenvalue weighted by atomic mass is 19.4. The van der Waals surface area contributed by atoms with Crippen LogP contribution in [0.25, 0.3) is 0 Å². The van der Waals surface area contributed by atoms with E-state index in [2.05, 4.69) is 4.98 Å². The lowest BCUT2D eigenvalue weighted by molar-refractivity contribution is -0.138. The number of nitrogens with zero attached hydrogens (tertiary/aromatic N) is 2. The molecule has 0 atom stereocenters. The lowest BCUT2D eigenvalue weighted by Crippen LogP contribution is -2.11. The smallest absolute Gasteiger partial charge is 0.420 e. The van der Waals surface area contributed by atoms with Crippen LogP contribution in [0, 0.1) is 11.3 Å². The first-order chi connectivity index (χ1) is 10.0. The molecule has 0 amide bonds. The van der Waals surface area contributed by atoms with Crippen molar-refractivity contribution in [1.82, 2.24) is 4.98 Å². The van der Waals surface area contributed by atoms with Crippen molar-refractivity contribution in [2.24, 2.45) is 0 Å². The van der Waals surface area contributed by atoms with Crippen LogP contribution in [0.4, 0.5) is 13.2 Å². The Hall–Kier alpha value is -2.55. The van der Waals surface area contributed by atoms with Crippen molar-refractivity contribution in [2.75, 3.05) is 6.61 Å². The van der Waals surface area contributed by atoms with Gasteiger partial charge in [-0.1, -0.05) is 6.07 Å². The summed E-state index contributed by atoms with van der Waals surface area (Å²) >= 11 is 0. The maximum absolute atomic E-state index is 12.9. The van der Waals surface area contributed by atoms with Crippen LogP contribution < -0.4 is 4.74 Å². The quantitative estimate of drug-likeness (QED) is 0.865. The number of rotatable bonds is 4. The molecule has 21 heavy (non-hydrogen) atoms. The Labute approximate surface area is 119 Å². The molecule has 0 aliphatic heterocycles. The number of nitriles is 1. The minimum Gasteiger partial charge on any atom is -0.493 e. The number of pyridine rings is 1. The molecule has 1 aromatic heterocycles. The van der Waals surface area contributed by atoms with Crippen molar-refractivity contribution in [2.45, 2.75) is 12.6 Å². The standard InChI is InChI=1S/C15H11F3N2O/c16-15(17,18)13-9-11(10-19)4-5-14(13)21-8-6-12-3-1-2-7-20-12/h1-5,7,9H,6,8H2. The van der Waals surface area contributed by atoms with Gasteiger partial charge >= 0.3 is 6.18 Å². The Bertz CT molecular complexity index is 648. The fourth-order valence-corrected chi connectivity index (χ4v) is 1.76. The van der Waals surface area contributed by atoms with Gasteiger partial charge in [0.05, 0.1) is 23.8 Å². The van der Waals surface area contributed by atoms with Crippen LogP contribution in [0.1, 0.15) is 16.8 Å². The van der Waals surface area contributed by atoms with Gasteiger partial charge in [0.15, 0.2) is 0 Å². The first-order valence-electron chi connectivity index (χ1n) is 6.15. The Morgan fingerprint density at radius 1 is 1.19 bits per heavy atom. The first-order valence-corrected chi connectivity index (χ1v) is 6.15. The summed E-state index contributed by atoms with van der Waals surface area (Å²) in [6.45, 7) is 0.0754. The summed E-state index contributed by atoms with van der Waals surface area (Å²) in [4.78, 5) is 4.06. The van der Waals surface area contributed by atoms with Crippen LogP contribution >= 0.6 is 0 Å². The van der Waals surface area contributed by atoms with Crippen LogP contribution in [0.5, 0.6) is 5.75 Å². The zero-order valence-electron chi connectivity index (χ0n) is 10.9. The van der Waals surface area contributed by atoms with E-state index < -0.39 is 11.7 Å². The Morgan fingerprint density at radius 2 is 2.00 bits per heavy atom. The van der Waals surface area contributed by atoms with Crippen molar-refractivity contribution >= 4 is 0 Å². The maximum Gasteiger partial charge on any atom is 0.420 e. The first kappa shape index (κ1) is 14.9. The van der Waals surface area contributed by atoms with Gasteiger partial charge in [-0.05, 0) is 30.3 Å². The molecule has 2 aromatic rings. The summed E-state index contributed by atoms with van der Waals surface area (Å²) in [6.07, 6.45) is -2.55. The molecule has 1 aromatic carbocycles. The van der Waals surface area contributed by atoms with Crippen LogP contribution in [0.15, 0.2) is 42.6 Å². The molecule has 0 aliphatic carbocycles. The molecule has 2 rings (SSSR count). The second-order valence-corrected chi connectivity index (χ2v) is 4.24. The predicted octanol–water partition coefficient (Wildman–Crippen LogP) is 3.59. The number of halogens is 3. The van der Waals surface area contributed by atoms with E-state index in [1.807, 2.05) is 0 Å². The summed E-state index contributed by atoms with van der Waals surface area (Å²) in [5.41, 5.74) is -0.262. The molecule has 0 radical (unpaired) electrons.